The van der Waals surface area contributed by atoms with Crippen molar-refractivity contribution in [2.75, 3.05) is 13.6 Å². The highest BCUT2D eigenvalue weighted by Crippen LogP contribution is 2.30. The Hall–Kier alpha value is -1.68. The smallest absolute Gasteiger partial charge is 0.356 e. The van der Waals surface area contributed by atoms with Gasteiger partial charge in [-0.25, -0.2) is 9.97 Å². The third kappa shape index (κ3) is 5.94. The van der Waals surface area contributed by atoms with Gasteiger partial charge in [0.05, 0.1) is 17.2 Å². The van der Waals surface area contributed by atoms with Crippen molar-refractivity contribution < 1.29 is 13.2 Å². The van der Waals surface area contributed by atoms with Crippen LogP contribution in [0.25, 0.3) is 0 Å². The summed E-state index contributed by atoms with van der Waals surface area (Å²) >= 11 is 2.59. The van der Waals surface area contributed by atoms with E-state index in [1.165, 1.54) is 0 Å². The second kappa shape index (κ2) is 8.34. The molecule has 2 heterocycles. The Bertz CT molecular complexity index is 744. The van der Waals surface area contributed by atoms with Gasteiger partial charge in [-0.05, 0) is 0 Å². The molecule has 10 heteroatoms. The fraction of sp³-hybridized carbons (Fsp3) is 0.562. The van der Waals surface area contributed by atoms with Crippen molar-refractivity contribution in [2.45, 2.75) is 45.3 Å². The summed E-state index contributed by atoms with van der Waals surface area (Å²) in [7, 11) is 1.64. The molecule has 2 rings (SSSR count). The SMILES string of the molecule is CN=C(NCCc1nc(C(F)(F)F)cs1)NCc1nc(C(C)(C)C)cs1. The lowest BCUT2D eigenvalue weighted by Crippen LogP contribution is -2.37. The van der Waals surface area contributed by atoms with E-state index in [1.54, 1.807) is 18.4 Å². The average molecular weight is 406 g/mol. The quantitative estimate of drug-likeness (QED) is 0.586. The molecule has 0 saturated carbocycles. The first kappa shape index (κ1) is 20.6. The number of alkyl halides is 3. The minimum absolute atomic E-state index is 0.0116. The average Bonchev–Trinajstić information content (AvgIpc) is 3.18. The second-order valence-corrected chi connectivity index (χ2v) is 8.49. The second-order valence-electron chi connectivity index (χ2n) is 6.60. The van der Waals surface area contributed by atoms with Gasteiger partial charge in [0.15, 0.2) is 11.7 Å². The van der Waals surface area contributed by atoms with Crippen molar-refractivity contribution >= 4 is 28.6 Å². The summed E-state index contributed by atoms with van der Waals surface area (Å²) in [5.41, 5.74) is 0.224. The number of hydrogen-bond acceptors (Lipinski definition) is 5. The van der Waals surface area contributed by atoms with Gasteiger partial charge in [0.1, 0.15) is 5.01 Å². The highest BCUT2D eigenvalue weighted by Gasteiger charge is 2.33. The molecular weight excluding hydrogens is 383 g/mol. The molecule has 144 valence electrons. The Morgan fingerprint density at radius 3 is 2.19 bits per heavy atom. The number of nitrogens with one attached hydrogen (secondary N) is 2. The predicted molar refractivity (Wildman–Crippen MR) is 99.8 cm³/mol. The summed E-state index contributed by atoms with van der Waals surface area (Å²) in [6.07, 6.45) is -3.99. The van der Waals surface area contributed by atoms with Gasteiger partial charge in [0, 0.05) is 36.2 Å². The molecule has 2 aromatic rings. The van der Waals surface area contributed by atoms with Gasteiger partial charge in [-0.2, -0.15) is 13.2 Å². The molecule has 0 spiro atoms. The van der Waals surface area contributed by atoms with Gasteiger partial charge in [-0.1, -0.05) is 20.8 Å². The zero-order valence-electron chi connectivity index (χ0n) is 15.1. The maximum absolute atomic E-state index is 12.5. The first-order valence-electron chi connectivity index (χ1n) is 8.00. The number of halogens is 3. The van der Waals surface area contributed by atoms with Crippen LogP contribution in [-0.2, 0) is 24.6 Å². The molecule has 2 N–H and O–H groups in total. The minimum atomic E-state index is -4.39. The number of aromatic nitrogens is 2. The Morgan fingerprint density at radius 2 is 1.65 bits per heavy atom. The molecule has 0 atom stereocenters. The van der Waals surface area contributed by atoms with Gasteiger partial charge in [0.2, 0.25) is 0 Å². The third-order valence-electron chi connectivity index (χ3n) is 3.42. The number of guanidine groups is 1. The van der Waals surface area contributed by atoms with Gasteiger partial charge < -0.3 is 10.6 Å². The molecule has 0 aromatic carbocycles. The van der Waals surface area contributed by atoms with Crippen LogP contribution in [0.15, 0.2) is 15.8 Å². The number of thiazole rings is 2. The van der Waals surface area contributed by atoms with Crippen molar-refractivity contribution in [3.05, 3.63) is 32.2 Å². The molecule has 0 aliphatic heterocycles. The van der Waals surface area contributed by atoms with E-state index in [0.29, 0.717) is 30.5 Å². The van der Waals surface area contributed by atoms with Crippen molar-refractivity contribution in [3.63, 3.8) is 0 Å². The van der Waals surface area contributed by atoms with E-state index in [0.717, 1.165) is 27.4 Å². The van der Waals surface area contributed by atoms with Crippen LogP contribution in [0.3, 0.4) is 0 Å². The molecule has 0 aliphatic carbocycles. The van der Waals surface area contributed by atoms with Crippen molar-refractivity contribution in [2.24, 2.45) is 4.99 Å². The molecule has 26 heavy (non-hydrogen) atoms. The summed E-state index contributed by atoms with van der Waals surface area (Å²) in [5, 5.41) is 10.7. The number of hydrogen-bond donors (Lipinski definition) is 2. The fourth-order valence-corrected chi connectivity index (χ4v) is 3.73. The fourth-order valence-electron chi connectivity index (χ4n) is 1.96. The van der Waals surface area contributed by atoms with Crippen LogP contribution in [0.1, 0.15) is 42.2 Å². The summed E-state index contributed by atoms with van der Waals surface area (Å²) in [6.45, 7) is 7.32. The van der Waals surface area contributed by atoms with Crippen LogP contribution < -0.4 is 10.6 Å². The normalized spacial score (nSPS) is 13.1. The van der Waals surface area contributed by atoms with E-state index >= 15 is 0 Å². The lowest BCUT2D eigenvalue weighted by atomic mass is 9.93. The number of aliphatic imine (C=N–C) groups is 1. The Kier molecular flexibility index (Phi) is 6.62. The Morgan fingerprint density at radius 1 is 1.04 bits per heavy atom. The van der Waals surface area contributed by atoms with E-state index in [9.17, 15) is 13.2 Å². The predicted octanol–water partition coefficient (Wildman–Crippen LogP) is 3.82. The van der Waals surface area contributed by atoms with Crippen LogP contribution in [0.2, 0.25) is 0 Å². The number of nitrogens with zero attached hydrogens (tertiary/aromatic N) is 3. The third-order valence-corrected chi connectivity index (χ3v) is 5.18. The monoisotopic (exact) mass is 405 g/mol. The maximum atomic E-state index is 12.5. The lowest BCUT2D eigenvalue weighted by molar-refractivity contribution is -0.140. The first-order valence-corrected chi connectivity index (χ1v) is 9.76. The van der Waals surface area contributed by atoms with Crippen LogP contribution >= 0.6 is 22.7 Å². The van der Waals surface area contributed by atoms with E-state index in [2.05, 4.69) is 46.4 Å². The Balaban J connectivity index is 1.79. The topological polar surface area (TPSA) is 62.2 Å². The molecule has 0 aliphatic rings. The number of rotatable bonds is 5. The molecule has 2 aromatic heterocycles. The summed E-state index contributed by atoms with van der Waals surface area (Å²) < 4.78 is 37.6. The van der Waals surface area contributed by atoms with Gasteiger partial charge >= 0.3 is 6.18 Å². The first-order chi connectivity index (χ1) is 12.1. The van der Waals surface area contributed by atoms with Crippen LogP contribution in [0.5, 0.6) is 0 Å². The van der Waals surface area contributed by atoms with Crippen LogP contribution in [0.4, 0.5) is 13.2 Å². The lowest BCUT2D eigenvalue weighted by Gasteiger charge is -2.14. The van der Waals surface area contributed by atoms with Gasteiger partial charge in [-0.3, -0.25) is 4.99 Å². The molecule has 0 radical (unpaired) electrons. The standard InChI is InChI=1S/C16H22F3N5S2/c1-15(2,3)10-8-26-13(23-10)7-22-14(20-4)21-6-5-12-24-11(9-25-12)16(17,18)19/h8-9H,5-7H2,1-4H3,(H2,20,21,22). The van der Waals surface area contributed by atoms with Crippen molar-refractivity contribution in [1.82, 2.24) is 20.6 Å². The van der Waals surface area contributed by atoms with Crippen LogP contribution in [-0.4, -0.2) is 29.5 Å². The highest BCUT2D eigenvalue weighted by molar-refractivity contribution is 7.09. The molecule has 0 bridgehead atoms. The largest absolute Gasteiger partial charge is 0.434 e. The summed E-state index contributed by atoms with van der Waals surface area (Å²) in [4.78, 5) is 12.3. The molecule has 0 saturated heterocycles. The van der Waals surface area contributed by atoms with Crippen LogP contribution in [0, 0.1) is 0 Å². The molecule has 0 unspecified atom stereocenters. The minimum Gasteiger partial charge on any atom is -0.356 e. The van der Waals surface area contributed by atoms with E-state index in [-0.39, 0.29) is 5.41 Å². The Labute approximate surface area is 158 Å². The van der Waals surface area contributed by atoms with Crippen molar-refractivity contribution in [1.29, 1.82) is 0 Å². The van der Waals surface area contributed by atoms with E-state index < -0.39 is 11.9 Å². The van der Waals surface area contributed by atoms with E-state index in [1.807, 2.05) is 5.38 Å². The summed E-state index contributed by atoms with van der Waals surface area (Å²) in [6, 6.07) is 0. The van der Waals surface area contributed by atoms with Crippen molar-refractivity contribution in [3.8, 4) is 0 Å². The summed E-state index contributed by atoms with van der Waals surface area (Å²) in [5.74, 6) is 0.574. The van der Waals surface area contributed by atoms with E-state index in [4.69, 9.17) is 0 Å². The zero-order valence-corrected chi connectivity index (χ0v) is 16.7. The van der Waals surface area contributed by atoms with Gasteiger partial charge in [0.25, 0.3) is 0 Å². The molecular formula is C16H22F3N5S2. The van der Waals surface area contributed by atoms with Gasteiger partial charge in [-0.15, -0.1) is 22.7 Å². The maximum Gasteiger partial charge on any atom is 0.434 e. The zero-order chi connectivity index (χ0) is 19.4. The molecule has 0 amide bonds. The molecule has 5 nitrogen and oxygen atoms in total. The highest BCUT2D eigenvalue weighted by atomic mass is 32.1. The molecule has 0 fully saturated rings.